The van der Waals surface area contributed by atoms with Crippen molar-refractivity contribution >= 4 is 28.7 Å². The Balaban J connectivity index is 2.09. The Morgan fingerprint density at radius 1 is 1.38 bits per heavy atom. The molecule has 1 heterocycles. The standard InChI is InChI=1S/C16H19N3O4S/c1-5-23-15(20)14-10(2)18-16(24-14)19-17-9-11-6-7-12(21-3)8-13(11)22-4/h6-9H,5H2,1-4H3,(H,18,19)/b17-9+. The molecule has 0 saturated heterocycles. The second-order valence-electron chi connectivity index (χ2n) is 4.63. The summed E-state index contributed by atoms with van der Waals surface area (Å²) in [4.78, 5) is 16.5. The summed E-state index contributed by atoms with van der Waals surface area (Å²) in [5.74, 6) is 0.968. The van der Waals surface area contributed by atoms with E-state index in [-0.39, 0.29) is 5.97 Å². The molecule has 0 atom stereocenters. The summed E-state index contributed by atoms with van der Waals surface area (Å²) < 4.78 is 15.4. The molecule has 1 N–H and O–H groups in total. The first kappa shape index (κ1) is 17.7. The van der Waals surface area contributed by atoms with Crippen molar-refractivity contribution in [2.24, 2.45) is 5.10 Å². The van der Waals surface area contributed by atoms with E-state index in [2.05, 4.69) is 15.5 Å². The zero-order chi connectivity index (χ0) is 17.5. The predicted molar refractivity (Wildman–Crippen MR) is 93.6 cm³/mol. The van der Waals surface area contributed by atoms with Crippen molar-refractivity contribution < 1.29 is 19.0 Å². The van der Waals surface area contributed by atoms with Gasteiger partial charge in [0.25, 0.3) is 0 Å². The third kappa shape index (κ3) is 4.23. The minimum Gasteiger partial charge on any atom is -0.497 e. The molecule has 1 aromatic heterocycles. The molecule has 1 aromatic carbocycles. The first-order valence-corrected chi connectivity index (χ1v) is 8.06. The Bertz CT molecular complexity index is 743. The quantitative estimate of drug-likeness (QED) is 0.470. The van der Waals surface area contributed by atoms with Gasteiger partial charge in [-0.1, -0.05) is 11.3 Å². The van der Waals surface area contributed by atoms with Crippen molar-refractivity contribution in [3.8, 4) is 11.5 Å². The normalized spacial score (nSPS) is 10.7. The van der Waals surface area contributed by atoms with Gasteiger partial charge < -0.3 is 14.2 Å². The first-order chi connectivity index (χ1) is 11.6. The van der Waals surface area contributed by atoms with Gasteiger partial charge in [0.15, 0.2) is 0 Å². The van der Waals surface area contributed by atoms with Crippen LogP contribution in [0.1, 0.15) is 27.9 Å². The third-order valence-electron chi connectivity index (χ3n) is 3.06. The summed E-state index contributed by atoms with van der Waals surface area (Å²) in [6, 6.07) is 5.42. The highest BCUT2D eigenvalue weighted by Gasteiger charge is 2.15. The van der Waals surface area contributed by atoms with E-state index < -0.39 is 0 Å². The van der Waals surface area contributed by atoms with E-state index >= 15 is 0 Å². The van der Waals surface area contributed by atoms with Crippen molar-refractivity contribution in [3.63, 3.8) is 0 Å². The second-order valence-corrected chi connectivity index (χ2v) is 5.63. The maximum Gasteiger partial charge on any atom is 0.350 e. The van der Waals surface area contributed by atoms with Crippen molar-refractivity contribution in [2.45, 2.75) is 13.8 Å². The fourth-order valence-corrected chi connectivity index (χ4v) is 2.72. The van der Waals surface area contributed by atoms with Crippen molar-refractivity contribution in [1.29, 1.82) is 0 Å². The number of nitrogens with zero attached hydrogens (tertiary/aromatic N) is 2. The highest BCUT2D eigenvalue weighted by Crippen LogP contribution is 2.25. The monoisotopic (exact) mass is 349 g/mol. The van der Waals surface area contributed by atoms with E-state index in [0.717, 1.165) is 5.56 Å². The molecule has 0 radical (unpaired) electrons. The molecular formula is C16H19N3O4S. The zero-order valence-electron chi connectivity index (χ0n) is 14.0. The topological polar surface area (TPSA) is 82.0 Å². The lowest BCUT2D eigenvalue weighted by atomic mass is 10.2. The summed E-state index contributed by atoms with van der Waals surface area (Å²) in [5.41, 5.74) is 4.21. The fourth-order valence-electron chi connectivity index (χ4n) is 1.91. The number of hydrazone groups is 1. The molecule has 7 nitrogen and oxygen atoms in total. The van der Waals surface area contributed by atoms with E-state index in [1.807, 2.05) is 12.1 Å². The van der Waals surface area contributed by atoms with E-state index in [0.29, 0.717) is 33.8 Å². The van der Waals surface area contributed by atoms with Gasteiger partial charge in [-0.25, -0.2) is 9.78 Å². The van der Waals surface area contributed by atoms with Crippen LogP contribution in [-0.2, 0) is 4.74 Å². The van der Waals surface area contributed by atoms with E-state index in [1.54, 1.807) is 40.3 Å². The maximum absolute atomic E-state index is 11.8. The van der Waals surface area contributed by atoms with E-state index in [4.69, 9.17) is 14.2 Å². The van der Waals surface area contributed by atoms with Crippen molar-refractivity contribution in [1.82, 2.24) is 4.98 Å². The van der Waals surface area contributed by atoms with Gasteiger partial charge in [0.05, 0.1) is 32.7 Å². The number of esters is 1. The lowest BCUT2D eigenvalue weighted by Crippen LogP contribution is -2.03. The SMILES string of the molecule is CCOC(=O)c1sc(N/N=C/c2ccc(OC)cc2OC)nc1C. The molecule has 0 aliphatic heterocycles. The Morgan fingerprint density at radius 3 is 2.83 bits per heavy atom. The van der Waals surface area contributed by atoms with Crippen LogP contribution in [0, 0.1) is 6.92 Å². The summed E-state index contributed by atoms with van der Waals surface area (Å²) in [6.45, 7) is 3.85. The zero-order valence-corrected chi connectivity index (χ0v) is 14.8. The van der Waals surface area contributed by atoms with Gasteiger partial charge >= 0.3 is 5.97 Å². The van der Waals surface area contributed by atoms with Crippen LogP contribution in [0.3, 0.4) is 0 Å². The molecular weight excluding hydrogens is 330 g/mol. The molecule has 0 amide bonds. The first-order valence-electron chi connectivity index (χ1n) is 7.24. The molecule has 24 heavy (non-hydrogen) atoms. The highest BCUT2D eigenvalue weighted by molar-refractivity contribution is 7.17. The number of rotatable bonds is 7. The summed E-state index contributed by atoms with van der Waals surface area (Å²) in [5, 5.41) is 4.65. The summed E-state index contributed by atoms with van der Waals surface area (Å²) in [7, 11) is 3.17. The van der Waals surface area contributed by atoms with Crippen molar-refractivity contribution in [2.75, 3.05) is 26.3 Å². The Kier molecular flexibility index (Phi) is 6.14. The number of anilines is 1. The van der Waals surface area contributed by atoms with Gasteiger partial charge in [0, 0.05) is 11.6 Å². The van der Waals surface area contributed by atoms with Crippen LogP contribution in [0.2, 0.25) is 0 Å². The minimum atomic E-state index is -0.374. The Morgan fingerprint density at radius 2 is 2.17 bits per heavy atom. The summed E-state index contributed by atoms with van der Waals surface area (Å²) in [6.07, 6.45) is 1.61. The van der Waals surface area contributed by atoms with Crippen LogP contribution in [-0.4, -0.2) is 38.0 Å². The van der Waals surface area contributed by atoms with Gasteiger partial charge in [-0.2, -0.15) is 5.10 Å². The van der Waals surface area contributed by atoms with Gasteiger partial charge in [0.1, 0.15) is 16.4 Å². The van der Waals surface area contributed by atoms with E-state index in [9.17, 15) is 4.79 Å². The molecule has 2 aromatic rings. The van der Waals surface area contributed by atoms with Gasteiger partial charge in [-0.05, 0) is 26.0 Å². The molecule has 8 heteroatoms. The number of ether oxygens (including phenoxy) is 3. The number of aryl methyl sites for hydroxylation is 1. The van der Waals surface area contributed by atoms with Crippen LogP contribution < -0.4 is 14.9 Å². The number of nitrogens with one attached hydrogen (secondary N) is 1. The number of aromatic nitrogens is 1. The maximum atomic E-state index is 11.8. The molecule has 0 spiro atoms. The fraction of sp³-hybridized carbons (Fsp3) is 0.312. The van der Waals surface area contributed by atoms with Crippen LogP contribution in [0.4, 0.5) is 5.13 Å². The molecule has 0 aliphatic carbocycles. The number of hydrogen-bond acceptors (Lipinski definition) is 8. The molecule has 0 unspecified atom stereocenters. The third-order valence-corrected chi connectivity index (χ3v) is 4.10. The van der Waals surface area contributed by atoms with Crippen LogP contribution in [0.15, 0.2) is 23.3 Å². The van der Waals surface area contributed by atoms with Gasteiger partial charge in [0.2, 0.25) is 5.13 Å². The molecule has 128 valence electrons. The molecule has 0 saturated carbocycles. The lowest BCUT2D eigenvalue weighted by molar-refractivity contribution is 0.0531. The molecule has 2 rings (SSSR count). The Hall–Kier alpha value is -2.61. The average molecular weight is 349 g/mol. The highest BCUT2D eigenvalue weighted by atomic mass is 32.1. The minimum absolute atomic E-state index is 0.328. The number of hydrogen-bond donors (Lipinski definition) is 1. The number of carbonyl (C=O) groups excluding carboxylic acids is 1. The van der Waals surface area contributed by atoms with Crippen LogP contribution in [0.25, 0.3) is 0 Å². The second kappa shape index (κ2) is 8.30. The van der Waals surface area contributed by atoms with Crippen LogP contribution >= 0.6 is 11.3 Å². The molecule has 0 fully saturated rings. The number of benzene rings is 1. The summed E-state index contributed by atoms with van der Waals surface area (Å²) >= 11 is 1.20. The molecule has 0 bridgehead atoms. The largest absolute Gasteiger partial charge is 0.497 e. The van der Waals surface area contributed by atoms with Gasteiger partial charge in [-0.3, -0.25) is 5.43 Å². The lowest BCUT2D eigenvalue weighted by Gasteiger charge is -2.06. The predicted octanol–water partition coefficient (Wildman–Crippen LogP) is 3.09. The van der Waals surface area contributed by atoms with Crippen molar-refractivity contribution in [3.05, 3.63) is 34.3 Å². The Labute approximate surface area is 144 Å². The average Bonchev–Trinajstić information content (AvgIpc) is 2.96. The molecule has 0 aliphatic rings. The number of methoxy groups -OCH3 is 2. The van der Waals surface area contributed by atoms with E-state index in [1.165, 1.54) is 11.3 Å². The smallest absolute Gasteiger partial charge is 0.350 e. The number of carbonyl (C=O) groups is 1. The van der Waals surface area contributed by atoms with Gasteiger partial charge in [-0.15, -0.1) is 0 Å². The number of thiazole rings is 1. The van der Waals surface area contributed by atoms with Crippen LogP contribution in [0.5, 0.6) is 11.5 Å².